The molecule has 0 atom stereocenters. The molecule has 0 amide bonds. The molecule has 0 radical (unpaired) electrons. The van der Waals surface area contributed by atoms with Gasteiger partial charge in [-0.25, -0.2) is 8.73 Å². The fraction of sp³-hybridized carbons (Fsp3) is 1.00. The molecule has 0 aromatic rings. The van der Waals surface area contributed by atoms with Gasteiger partial charge in [-0.05, 0) is 10.8 Å². The van der Waals surface area contributed by atoms with Gasteiger partial charge in [-0.1, -0.05) is 41.5 Å². The fourth-order valence-electron chi connectivity index (χ4n) is 0.486. The van der Waals surface area contributed by atoms with Crippen LogP contribution in [0.25, 0.3) is 0 Å². The molecule has 0 rings (SSSR count). The Morgan fingerprint density at radius 1 is 0.769 bits per heavy atom. The lowest BCUT2D eigenvalue weighted by Crippen LogP contribution is -2.09. The first kappa shape index (κ1) is 12.8. The molecule has 0 aliphatic rings. The number of rotatable bonds is 2. The lowest BCUT2D eigenvalue weighted by molar-refractivity contribution is 0.429. The second-order valence-corrected chi connectivity index (χ2v) is 6.46. The van der Waals surface area contributed by atoms with E-state index in [4.69, 9.17) is 0 Å². The van der Waals surface area contributed by atoms with E-state index < -0.39 is 0 Å². The van der Waals surface area contributed by atoms with Crippen molar-refractivity contribution >= 4 is 11.4 Å². The first-order chi connectivity index (χ1) is 5.71. The summed E-state index contributed by atoms with van der Waals surface area (Å²) in [6.45, 7) is 14.8. The Labute approximate surface area is 86.0 Å². The Bertz CT molecular complexity index is 182. The van der Waals surface area contributed by atoms with Crippen molar-refractivity contribution in [3.05, 3.63) is 0 Å². The third-order valence-electron chi connectivity index (χ3n) is 1.19. The maximum Gasteiger partial charge on any atom is 0.0578 e. The zero-order chi connectivity index (χ0) is 10.5. The summed E-state index contributed by atoms with van der Waals surface area (Å²) in [5.41, 5.74) is 0.564. The van der Waals surface area contributed by atoms with Gasteiger partial charge in [0.15, 0.2) is 0 Å². The number of nitrogens with zero attached hydrogens (tertiary/aromatic N) is 2. The Morgan fingerprint density at radius 3 is 1.31 bits per heavy atom. The van der Waals surface area contributed by atoms with Gasteiger partial charge in [0.1, 0.15) is 0 Å². The third-order valence-corrected chi connectivity index (χ3v) is 1.68. The van der Waals surface area contributed by atoms with Crippen molar-refractivity contribution in [2.45, 2.75) is 41.5 Å². The summed E-state index contributed by atoms with van der Waals surface area (Å²) in [7, 11) is 0. The SMILES string of the molecule is CC(C)(C)CN=S=NCC(C)(C)C. The maximum atomic E-state index is 4.30. The molecule has 13 heavy (non-hydrogen) atoms. The quantitative estimate of drug-likeness (QED) is 0.654. The van der Waals surface area contributed by atoms with E-state index in [1.165, 1.54) is 11.4 Å². The van der Waals surface area contributed by atoms with Crippen LogP contribution in [0.3, 0.4) is 0 Å². The first-order valence-corrected chi connectivity index (χ1v) is 5.44. The van der Waals surface area contributed by atoms with E-state index in [1.807, 2.05) is 0 Å². The van der Waals surface area contributed by atoms with Gasteiger partial charge in [0.25, 0.3) is 0 Å². The Kier molecular flexibility index (Phi) is 4.82. The van der Waals surface area contributed by atoms with Crippen LogP contribution in [0.15, 0.2) is 8.73 Å². The van der Waals surface area contributed by atoms with Crippen LogP contribution in [-0.2, 0) is 11.4 Å². The molecule has 0 fully saturated rings. The summed E-state index contributed by atoms with van der Waals surface area (Å²) in [6.07, 6.45) is 0. The van der Waals surface area contributed by atoms with Crippen molar-refractivity contribution in [1.82, 2.24) is 0 Å². The van der Waals surface area contributed by atoms with Crippen molar-refractivity contribution in [3.63, 3.8) is 0 Å². The molecule has 0 aromatic carbocycles. The normalized spacial score (nSPS) is 12.5. The smallest absolute Gasteiger partial charge is 0.0578 e. The van der Waals surface area contributed by atoms with Gasteiger partial charge >= 0.3 is 0 Å². The molecule has 0 saturated carbocycles. The summed E-state index contributed by atoms with van der Waals surface area (Å²) >= 11 is 1.36. The largest absolute Gasteiger partial charge is 0.213 e. The Morgan fingerprint density at radius 2 is 1.08 bits per heavy atom. The van der Waals surface area contributed by atoms with Crippen molar-refractivity contribution in [2.24, 2.45) is 19.6 Å². The van der Waals surface area contributed by atoms with Gasteiger partial charge in [0.05, 0.1) is 24.4 Å². The van der Waals surface area contributed by atoms with E-state index in [9.17, 15) is 0 Å². The molecule has 78 valence electrons. The summed E-state index contributed by atoms with van der Waals surface area (Å²) in [4.78, 5) is 0. The van der Waals surface area contributed by atoms with Gasteiger partial charge in [0, 0.05) is 0 Å². The second-order valence-electron chi connectivity index (χ2n) is 5.78. The van der Waals surface area contributed by atoms with Crippen LogP contribution >= 0.6 is 0 Å². The zero-order valence-electron chi connectivity index (χ0n) is 9.72. The molecule has 0 saturated heterocycles. The van der Waals surface area contributed by atoms with Gasteiger partial charge in [-0.2, -0.15) is 0 Å². The highest BCUT2D eigenvalue weighted by Crippen LogP contribution is 2.13. The van der Waals surface area contributed by atoms with Crippen LogP contribution in [0.4, 0.5) is 0 Å². The Hall–Kier alpha value is -0.180. The van der Waals surface area contributed by atoms with Crippen LogP contribution in [0.1, 0.15) is 41.5 Å². The van der Waals surface area contributed by atoms with Crippen LogP contribution in [0, 0.1) is 10.8 Å². The van der Waals surface area contributed by atoms with Crippen LogP contribution in [0.5, 0.6) is 0 Å². The lowest BCUT2D eigenvalue weighted by Gasteiger charge is -2.13. The van der Waals surface area contributed by atoms with Gasteiger partial charge < -0.3 is 0 Å². The van der Waals surface area contributed by atoms with Gasteiger partial charge in [-0.3, -0.25) is 0 Å². The van der Waals surface area contributed by atoms with Crippen LogP contribution < -0.4 is 0 Å². The van der Waals surface area contributed by atoms with E-state index in [-0.39, 0.29) is 10.8 Å². The average Bonchev–Trinajstić information content (AvgIpc) is 1.81. The highest BCUT2D eigenvalue weighted by atomic mass is 32.1. The number of hydrogen-bond donors (Lipinski definition) is 0. The standard InChI is InChI=1S/C10H22N2S/c1-9(2,3)7-11-13-12-8-10(4,5)6/h7-8H2,1-6H3. The molecule has 2 nitrogen and oxygen atoms in total. The molecule has 0 aliphatic heterocycles. The molecule has 3 heteroatoms. The van der Waals surface area contributed by atoms with E-state index in [0.29, 0.717) is 0 Å². The molecular weight excluding hydrogens is 180 g/mol. The minimum atomic E-state index is 0.282. The predicted octanol–water partition coefficient (Wildman–Crippen LogP) is 3.53. The topological polar surface area (TPSA) is 24.7 Å². The van der Waals surface area contributed by atoms with E-state index in [1.54, 1.807) is 0 Å². The molecule has 0 N–H and O–H groups in total. The zero-order valence-corrected chi connectivity index (χ0v) is 10.5. The van der Waals surface area contributed by atoms with Crippen LogP contribution in [0.2, 0.25) is 0 Å². The maximum absolute atomic E-state index is 4.30. The van der Waals surface area contributed by atoms with Crippen LogP contribution in [-0.4, -0.2) is 13.1 Å². The summed E-state index contributed by atoms with van der Waals surface area (Å²) < 4.78 is 8.59. The molecule has 0 spiro atoms. The van der Waals surface area contributed by atoms with Crippen molar-refractivity contribution in [3.8, 4) is 0 Å². The average molecular weight is 202 g/mol. The molecule has 0 aliphatic carbocycles. The van der Waals surface area contributed by atoms with Crippen molar-refractivity contribution in [2.75, 3.05) is 13.1 Å². The lowest BCUT2D eigenvalue weighted by atomic mass is 9.98. The molecule has 0 unspecified atom stereocenters. The van der Waals surface area contributed by atoms with Crippen molar-refractivity contribution in [1.29, 1.82) is 0 Å². The summed E-state index contributed by atoms with van der Waals surface area (Å²) in [6, 6.07) is 0. The van der Waals surface area contributed by atoms with Gasteiger partial charge in [-0.15, -0.1) is 0 Å². The van der Waals surface area contributed by atoms with E-state index in [2.05, 4.69) is 50.3 Å². The summed E-state index contributed by atoms with van der Waals surface area (Å²) in [5.74, 6) is 0. The van der Waals surface area contributed by atoms with Crippen molar-refractivity contribution < 1.29 is 0 Å². The molecule has 0 aromatic heterocycles. The van der Waals surface area contributed by atoms with E-state index >= 15 is 0 Å². The highest BCUT2D eigenvalue weighted by Gasteiger charge is 2.08. The fourth-order valence-corrected chi connectivity index (χ4v) is 1.46. The minimum Gasteiger partial charge on any atom is -0.213 e. The molecule has 0 bridgehead atoms. The summed E-state index contributed by atoms with van der Waals surface area (Å²) in [5, 5.41) is 0. The minimum absolute atomic E-state index is 0.282. The van der Waals surface area contributed by atoms with Gasteiger partial charge in [0.2, 0.25) is 0 Å². The Balaban J connectivity index is 3.86. The number of hydrogen-bond acceptors (Lipinski definition) is 2. The highest BCUT2D eigenvalue weighted by molar-refractivity contribution is 7.57. The first-order valence-electron chi connectivity index (χ1n) is 4.70. The third kappa shape index (κ3) is 11.8. The molecular formula is C10H22N2S. The monoisotopic (exact) mass is 202 g/mol. The second kappa shape index (κ2) is 4.89. The van der Waals surface area contributed by atoms with E-state index in [0.717, 1.165) is 13.1 Å². The predicted molar refractivity (Wildman–Crippen MR) is 60.9 cm³/mol. The molecule has 0 heterocycles.